The van der Waals surface area contributed by atoms with Gasteiger partial charge < -0.3 is 5.11 Å². The molecule has 0 fully saturated rings. The van der Waals surface area contributed by atoms with Crippen molar-refractivity contribution in [2.75, 3.05) is 0 Å². The van der Waals surface area contributed by atoms with Crippen LogP contribution in [0.2, 0.25) is 0 Å². The van der Waals surface area contributed by atoms with Gasteiger partial charge in [-0.15, -0.1) is 0 Å². The Morgan fingerprint density at radius 1 is 1.36 bits per heavy atom. The van der Waals surface area contributed by atoms with Gasteiger partial charge in [-0.25, -0.2) is 4.39 Å². The molecule has 2 nitrogen and oxygen atoms in total. The van der Waals surface area contributed by atoms with E-state index in [-0.39, 0.29) is 12.2 Å². The van der Waals surface area contributed by atoms with Gasteiger partial charge in [-0.2, -0.15) is 5.26 Å². The Balaban J connectivity index is 2.39. The van der Waals surface area contributed by atoms with Crippen molar-refractivity contribution in [2.45, 2.75) is 25.4 Å². The van der Waals surface area contributed by atoms with Gasteiger partial charge in [0.2, 0.25) is 0 Å². The first-order chi connectivity index (χ1) is 6.72. The zero-order chi connectivity index (χ0) is 10.4. The van der Waals surface area contributed by atoms with Crippen molar-refractivity contribution in [1.82, 2.24) is 0 Å². The monoisotopic (exact) mass is 193 g/mol. The SMILES string of the molecule is N#CCC(O)CCc1ccc(F)cc1. The molecule has 1 atom stereocenters. The number of hydrogen-bond donors (Lipinski definition) is 1. The van der Waals surface area contributed by atoms with E-state index < -0.39 is 6.10 Å². The van der Waals surface area contributed by atoms with E-state index in [1.165, 1.54) is 12.1 Å². The molecule has 0 aliphatic rings. The summed E-state index contributed by atoms with van der Waals surface area (Å²) in [7, 11) is 0. The third-order valence-electron chi connectivity index (χ3n) is 2.01. The molecule has 1 aromatic carbocycles. The summed E-state index contributed by atoms with van der Waals surface area (Å²) in [6.07, 6.45) is 0.786. The van der Waals surface area contributed by atoms with E-state index in [1.54, 1.807) is 12.1 Å². The second kappa shape index (κ2) is 5.36. The summed E-state index contributed by atoms with van der Waals surface area (Å²) in [5.41, 5.74) is 0.975. The summed E-state index contributed by atoms with van der Waals surface area (Å²) in [5, 5.41) is 17.6. The fourth-order valence-corrected chi connectivity index (χ4v) is 1.19. The normalized spacial score (nSPS) is 12.1. The molecule has 3 heteroatoms. The predicted molar refractivity (Wildman–Crippen MR) is 51.0 cm³/mol. The van der Waals surface area contributed by atoms with Crippen LogP contribution >= 0.6 is 0 Å². The minimum absolute atomic E-state index is 0.154. The highest BCUT2D eigenvalue weighted by Gasteiger charge is 2.03. The average Bonchev–Trinajstić information content (AvgIpc) is 2.17. The summed E-state index contributed by atoms with van der Waals surface area (Å²) in [4.78, 5) is 0. The van der Waals surface area contributed by atoms with Crippen LogP contribution in [0.15, 0.2) is 24.3 Å². The van der Waals surface area contributed by atoms with Crippen molar-refractivity contribution < 1.29 is 9.50 Å². The third kappa shape index (κ3) is 3.55. The standard InChI is InChI=1S/C11H12FNO/c12-10-4-1-9(2-5-10)3-6-11(14)7-8-13/h1-2,4-5,11,14H,3,6-7H2. The summed E-state index contributed by atoms with van der Waals surface area (Å²) in [5.74, 6) is -0.258. The molecule has 1 aromatic rings. The fourth-order valence-electron chi connectivity index (χ4n) is 1.19. The molecule has 0 spiro atoms. The smallest absolute Gasteiger partial charge is 0.123 e. The number of aliphatic hydroxyl groups excluding tert-OH is 1. The lowest BCUT2D eigenvalue weighted by molar-refractivity contribution is 0.170. The molecule has 74 valence electrons. The van der Waals surface area contributed by atoms with Crippen molar-refractivity contribution in [1.29, 1.82) is 5.26 Å². The van der Waals surface area contributed by atoms with Crippen LogP contribution in [0.5, 0.6) is 0 Å². The molecule has 1 unspecified atom stereocenters. The van der Waals surface area contributed by atoms with E-state index in [4.69, 9.17) is 5.26 Å². The number of rotatable bonds is 4. The Morgan fingerprint density at radius 3 is 2.57 bits per heavy atom. The zero-order valence-electron chi connectivity index (χ0n) is 7.78. The van der Waals surface area contributed by atoms with Crippen LogP contribution < -0.4 is 0 Å². The molecule has 0 bridgehead atoms. The number of halogens is 1. The van der Waals surface area contributed by atoms with Crippen LogP contribution in [0.4, 0.5) is 4.39 Å². The lowest BCUT2D eigenvalue weighted by atomic mass is 10.1. The van der Waals surface area contributed by atoms with E-state index in [2.05, 4.69) is 0 Å². The van der Waals surface area contributed by atoms with Crippen molar-refractivity contribution in [3.63, 3.8) is 0 Å². The number of benzene rings is 1. The molecule has 0 aromatic heterocycles. The average molecular weight is 193 g/mol. The van der Waals surface area contributed by atoms with E-state index >= 15 is 0 Å². The number of nitriles is 1. The van der Waals surface area contributed by atoms with Gasteiger partial charge >= 0.3 is 0 Å². The van der Waals surface area contributed by atoms with Gasteiger partial charge in [0.25, 0.3) is 0 Å². The molecule has 0 saturated heterocycles. The first kappa shape index (κ1) is 10.7. The molecule has 0 aliphatic heterocycles. The van der Waals surface area contributed by atoms with Crippen LogP contribution in [0, 0.1) is 17.1 Å². The molecule has 0 radical (unpaired) electrons. The molecular weight excluding hydrogens is 181 g/mol. The topological polar surface area (TPSA) is 44.0 Å². The van der Waals surface area contributed by atoms with Gasteiger partial charge in [0, 0.05) is 0 Å². The molecule has 0 heterocycles. The van der Waals surface area contributed by atoms with E-state index in [0.717, 1.165) is 5.56 Å². The van der Waals surface area contributed by atoms with Gasteiger partial charge in [-0.1, -0.05) is 12.1 Å². The largest absolute Gasteiger partial charge is 0.392 e. The first-order valence-electron chi connectivity index (χ1n) is 4.52. The Labute approximate surface area is 82.6 Å². The van der Waals surface area contributed by atoms with Crippen molar-refractivity contribution in [3.8, 4) is 6.07 Å². The van der Waals surface area contributed by atoms with Crippen LogP contribution in [-0.2, 0) is 6.42 Å². The van der Waals surface area contributed by atoms with Crippen molar-refractivity contribution in [3.05, 3.63) is 35.6 Å². The van der Waals surface area contributed by atoms with Crippen LogP contribution in [-0.4, -0.2) is 11.2 Å². The molecular formula is C11H12FNO. The summed E-state index contributed by atoms with van der Waals surface area (Å²) < 4.78 is 12.5. The summed E-state index contributed by atoms with van der Waals surface area (Å²) in [6.45, 7) is 0. The Bertz CT molecular complexity index is 315. The van der Waals surface area contributed by atoms with E-state index in [1.807, 2.05) is 6.07 Å². The first-order valence-corrected chi connectivity index (χ1v) is 4.52. The number of aryl methyl sites for hydroxylation is 1. The quantitative estimate of drug-likeness (QED) is 0.795. The molecule has 0 aliphatic carbocycles. The highest BCUT2D eigenvalue weighted by molar-refractivity contribution is 5.16. The minimum Gasteiger partial charge on any atom is -0.392 e. The van der Waals surface area contributed by atoms with Gasteiger partial charge in [0.05, 0.1) is 18.6 Å². The number of aliphatic hydroxyl groups is 1. The maximum Gasteiger partial charge on any atom is 0.123 e. The molecule has 0 saturated carbocycles. The maximum atomic E-state index is 12.5. The fraction of sp³-hybridized carbons (Fsp3) is 0.364. The third-order valence-corrected chi connectivity index (χ3v) is 2.01. The van der Waals surface area contributed by atoms with Crippen LogP contribution in [0.25, 0.3) is 0 Å². The van der Waals surface area contributed by atoms with Crippen molar-refractivity contribution >= 4 is 0 Å². The molecule has 14 heavy (non-hydrogen) atoms. The lowest BCUT2D eigenvalue weighted by Crippen LogP contribution is -2.06. The Morgan fingerprint density at radius 2 is 2.00 bits per heavy atom. The van der Waals surface area contributed by atoms with Gasteiger partial charge in [-0.3, -0.25) is 0 Å². The molecule has 1 N–H and O–H groups in total. The second-order valence-electron chi connectivity index (χ2n) is 3.18. The van der Waals surface area contributed by atoms with E-state index in [9.17, 15) is 9.50 Å². The number of hydrogen-bond acceptors (Lipinski definition) is 2. The van der Waals surface area contributed by atoms with Gasteiger partial charge in [-0.05, 0) is 30.5 Å². The minimum atomic E-state index is -0.579. The highest BCUT2D eigenvalue weighted by Crippen LogP contribution is 2.08. The summed E-state index contributed by atoms with van der Waals surface area (Å²) in [6, 6.07) is 8.07. The van der Waals surface area contributed by atoms with Gasteiger partial charge in [0.1, 0.15) is 5.82 Å². The Hall–Kier alpha value is -1.40. The molecule has 1 rings (SSSR count). The second-order valence-corrected chi connectivity index (χ2v) is 3.18. The Kier molecular flexibility index (Phi) is 4.09. The maximum absolute atomic E-state index is 12.5. The van der Waals surface area contributed by atoms with Gasteiger partial charge in [0.15, 0.2) is 0 Å². The lowest BCUT2D eigenvalue weighted by Gasteiger charge is -2.05. The van der Waals surface area contributed by atoms with Crippen LogP contribution in [0.3, 0.4) is 0 Å². The number of nitrogens with zero attached hydrogens (tertiary/aromatic N) is 1. The zero-order valence-corrected chi connectivity index (χ0v) is 7.78. The van der Waals surface area contributed by atoms with E-state index in [0.29, 0.717) is 12.8 Å². The van der Waals surface area contributed by atoms with Crippen molar-refractivity contribution in [2.24, 2.45) is 0 Å². The predicted octanol–water partition coefficient (Wildman–Crippen LogP) is 2.03. The highest BCUT2D eigenvalue weighted by atomic mass is 19.1. The summed E-state index contributed by atoms with van der Waals surface area (Å²) >= 11 is 0. The van der Waals surface area contributed by atoms with Crippen LogP contribution in [0.1, 0.15) is 18.4 Å². The molecule has 0 amide bonds.